The summed E-state index contributed by atoms with van der Waals surface area (Å²) in [7, 11) is 0. The first kappa shape index (κ1) is 21.5. The van der Waals surface area contributed by atoms with Gasteiger partial charge in [-0.25, -0.2) is 4.39 Å². The van der Waals surface area contributed by atoms with Crippen LogP contribution >= 0.6 is 11.3 Å². The lowest BCUT2D eigenvalue weighted by Crippen LogP contribution is -2.15. The molecule has 0 unspecified atom stereocenters. The van der Waals surface area contributed by atoms with Crippen molar-refractivity contribution >= 4 is 28.6 Å². The molecule has 1 amide bonds. The molecule has 0 aliphatic rings. The maximum atomic E-state index is 13.6. The lowest BCUT2D eigenvalue weighted by Gasteiger charge is -2.16. The third-order valence-corrected chi connectivity index (χ3v) is 5.19. The van der Waals surface area contributed by atoms with Crippen LogP contribution in [0.5, 0.6) is 0 Å². The van der Waals surface area contributed by atoms with Gasteiger partial charge in [0.25, 0.3) is 5.91 Å². The summed E-state index contributed by atoms with van der Waals surface area (Å²) in [6.07, 6.45) is -4.68. The van der Waals surface area contributed by atoms with Crippen LogP contribution in [-0.2, 0) is 12.7 Å². The zero-order chi connectivity index (χ0) is 22.7. The Kier molecular flexibility index (Phi) is 5.91. The molecule has 32 heavy (non-hydrogen) atoms. The first-order valence-electron chi connectivity index (χ1n) is 9.18. The lowest BCUT2D eigenvalue weighted by molar-refractivity contribution is -0.136. The normalized spacial score (nSPS) is 11.4. The van der Waals surface area contributed by atoms with Crippen molar-refractivity contribution < 1.29 is 26.9 Å². The van der Waals surface area contributed by atoms with Gasteiger partial charge in [-0.1, -0.05) is 11.2 Å². The topological polar surface area (TPSA) is 80.0 Å². The van der Waals surface area contributed by atoms with Crippen molar-refractivity contribution in [3.63, 3.8) is 0 Å². The number of hydrogen-bond acceptors (Lipinski definition) is 6. The van der Waals surface area contributed by atoms with Gasteiger partial charge in [-0.15, -0.1) is 11.3 Å². The minimum Gasteiger partial charge on any atom is -0.376 e. The molecular weight excluding hydrogens is 448 g/mol. The molecule has 0 radical (unpaired) electrons. The van der Waals surface area contributed by atoms with E-state index in [0.29, 0.717) is 5.82 Å². The first-order valence-corrected chi connectivity index (χ1v) is 10.1. The number of carbonyl (C=O) groups excluding carboxylic acids is 1. The van der Waals surface area contributed by atoms with Crippen molar-refractivity contribution in [3.8, 4) is 10.7 Å². The fourth-order valence-corrected chi connectivity index (χ4v) is 3.47. The van der Waals surface area contributed by atoms with Crippen LogP contribution in [0.25, 0.3) is 10.7 Å². The summed E-state index contributed by atoms with van der Waals surface area (Å²) in [6, 6.07) is 11.6. The summed E-state index contributed by atoms with van der Waals surface area (Å²) < 4.78 is 58.9. The highest BCUT2D eigenvalue weighted by molar-refractivity contribution is 7.13. The van der Waals surface area contributed by atoms with Crippen LogP contribution in [0.2, 0.25) is 0 Å². The number of anilines is 2. The third-order valence-electron chi connectivity index (χ3n) is 4.33. The highest BCUT2D eigenvalue weighted by Crippen LogP contribution is 2.37. The fourth-order valence-electron chi connectivity index (χ4n) is 2.82. The Balaban J connectivity index is 1.50. The van der Waals surface area contributed by atoms with Gasteiger partial charge < -0.3 is 15.2 Å². The number of alkyl halides is 3. The summed E-state index contributed by atoms with van der Waals surface area (Å²) >= 11 is 1.41. The van der Waals surface area contributed by atoms with E-state index in [-0.39, 0.29) is 29.4 Å². The van der Waals surface area contributed by atoms with Crippen LogP contribution < -0.4 is 10.6 Å². The number of nitrogens with one attached hydrogen (secondary N) is 2. The van der Waals surface area contributed by atoms with Crippen molar-refractivity contribution in [1.82, 2.24) is 10.1 Å². The van der Waals surface area contributed by atoms with E-state index in [2.05, 4.69) is 20.8 Å². The van der Waals surface area contributed by atoms with Crippen LogP contribution in [0, 0.1) is 5.82 Å². The number of carbonyl (C=O) groups is 1. The maximum Gasteiger partial charge on any atom is 0.418 e. The van der Waals surface area contributed by atoms with E-state index in [0.717, 1.165) is 23.1 Å². The van der Waals surface area contributed by atoms with Gasteiger partial charge in [0.15, 0.2) is 0 Å². The maximum absolute atomic E-state index is 13.6. The lowest BCUT2D eigenvalue weighted by atomic mass is 10.1. The smallest absolute Gasteiger partial charge is 0.376 e. The molecule has 2 aromatic carbocycles. The molecule has 4 aromatic rings. The van der Waals surface area contributed by atoms with E-state index < -0.39 is 23.5 Å². The fraction of sp³-hybridized carbons (Fsp3) is 0.0952. The van der Waals surface area contributed by atoms with Gasteiger partial charge in [0, 0.05) is 16.9 Å². The van der Waals surface area contributed by atoms with E-state index in [1.165, 1.54) is 35.6 Å². The monoisotopic (exact) mass is 462 g/mol. The van der Waals surface area contributed by atoms with Gasteiger partial charge in [0.1, 0.15) is 5.82 Å². The third kappa shape index (κ3) is 4.94. The van der Waals surface area contributed by atoms with Crippen molar-refractivity contribution in [2.75, 3.05) is 10.6 Å². The summed E-state index contributed by atoms with van der Waals surface area (Å²) in [5.74, 6) is -0.715. The van der Waals surface area contributed by atoms with Gasteiger partial charge in [-0.2, -0.15) is 18.2 Å². The molecule has 2 heterocycles. The zero-order valence-corrected chi connectivity index (χ0v) is 16.9. The van der Waals surface area contributed by atoms with Gasteiger partial charge in [-0.05, 0) is 53.9 Å². The second kappa shape index (κ2) is 8.79. The summed E-state index contributed by atoms with van der Waals surface area (Å²) in [5.41, 5.74) is -1.14. The summed E-state index contributed by atoms with van der Waals surface area (Å²) in [4.78, 5) is 17.2. The van der Waals surface area contributed by atoms with Crippen LogP contribution in [0.4, 0.5) is 28.9 Å². The average molecular weight is 462 g/mol. The zero-order valence-electron chi connectivity index (χ0n) is 16.1. The van der Waals surface area contributed by atoms with Crippen molar-refractivity contribution in [2.24, 2.45) is 0 Å². The molecular formula is C21H14F4N4O2S. The Hall–Kier alpha value is -3.73. The van der Waals surface area contributed by atoms with Crippen molar-refractivity contribution in [2.45, 2.75) is 12.7 Å². The van der Waals surface area contributed by atoms with Gasteiger partial charge in [0.05, 0.1) is 17.0 Å². The predicted molar refractivity (Wildman–Crippen MR) is 111 cm³/mol. The molecule has 0 aliphatic carbocycles. The minimum atomic E-state index is -4.68. The van der Waals surface area contributed by atoms with E-state index in [1.54, 1.807) is 6.07 Å². The van der Waals surface area contributed by atoms with Gasteiger partial charge >= 0.3 is 6.18 Å². The van der Waals surface area contributed by atoms with Crippen LogP contribution in [-0.4, -0.2) is 16.0 Å². The van der Waals surface area contributed by atoms with Crippen LogP contribution in [0.15, 0.2) is 64.5 Å². The number of rotatable bonds is 6. The van der Waals surface area contributed by atoms with E-state index in [4.69, 9.17) is 4.52 Å². The second-order valence-corrected chi connectivity index (χ2v) is 7.51. The molecule has 0 bridgehead atoms. The number of halogens is 4. The van der Waals surface area contributed by atoms with Gasteiger partial charge in [-0.3, -0.25) is 4.79 Å². The number of hydrogen-bond donors (Lipinski definition) is 2. The Morgan fingerprint density at radius 1 is 1.09 bits per heavy atom. The number of aromatic nitrogens is 2. The quantitative estimate of drug-likeness (QED) is 0.353. The Labute approximate surface area is 182 Å². The highest BCUT2D eigenvalue weighted by Gasteiger charge is 2.34. The molecule has 0 atom stereocenters. The number of amides is 1. The van der Waals surface area contributed by atoms with E-state index >= 15 is 0 Å². The number of thiophene rings is 1. The largest absolute Gasteiger partial charge is 0.418 e. The molecule has 6 nitrogen and oxygen atoms in total. The number of benzene rings is 2. The van der Waals surface area contributed by atoms with E-state index in [9.17, 15) is 22.4 Å². The standard InChI is InChI=1S/C21H14F4N4O2S/c22-13-5-3-12(4-6-13)20(30)27-14-7-8-16(15(10-14)21(23,24)25)26-11-18-28-19(29-31-18)17-2-1-9-32-17/h1-10,26H,11H2,(H,27,30). The first-order chi connectivity index (χ1) is 15.3. The molecule has 2 aromatic heterocycles. The van der Waals surface area contributed by atoms with E-state index in [1.807, 2.05) is 11.4 Å². The average Bonchev–Trinajstić information content (AvgIpc) is 3.44. The van der Waals surface area contributed by atoms with Gasteiger partial charge in [0.2, 0.25) is 11.7 Å². The molecule has 164 valence electrons. The molecule has 0 spiro atoms. The Morgan fingerprint density at radius 2 is 1.88 bits per heavy atom. The SMILES string of the molecule is O=C(Nc1ccc(NCc2nc(-c3cccs3)no2)c(C(F)(F)F)c1)c1ccc(F)cc1. The Morgan fingerprint density at radius 3 is 2.56 bits per heavy atom. The molecule has 0 aliphatic heterocycles. The second-order valence-electron chi connectivity index (χ2n) is 6.56. The molecule has 0 saturated heterocycles. The highest BCUT2D eigenvalue weighted by atomic mass is 32.1. The summed E-state index contributed by atoms with van der Waals surface area (Å²) in [6.45, 7) is -0.122. The molecule has 2 N–H and O–H groups in total. The molecule has 0 saturated carbocycles. The van der Waals surface area contributed by atoms with Crippen LogP contribution in [0.1, 0.15) is 21.8 Å². The van der Waals surface area contributed by atoms with Crippen molar-refractivity contribution in [1.29, 1.82) is 0 Å². The molecule has 11 heteroatoms. The Bertz CT molecular complexity index is 1220. The van der Waals surface area contributed by atoms with Crippen LogP contribution in [0.3, 0.4) is 0 Å². The molecule has 0 fully saturated rings. The predicted octanol–water partition coefficient (Wildman–Crippen LogP) is 5.82. The number of nitrogens with zero attached hydrogens (tertiary/aromatic N) is 2. The van der Waals surface area contributed by atoms with Crippen molar-refractivity contribution in [3.05, 3.63) is 82.8 Å². The summed E-state index contributed by atoms with van der Waals surface area (Å²) in [5, 5.41) is 10.7. The molecule has 4 rings (SSSR count). The minimum absolute atomic E-state index is 0.0602.